The fourth-order valence-electron chi connectivity index (χ4n) is 1.74. The lowest BCUT2D eigenvalue weighted by molar-refractivity contribution is 0.559. The number of benzene rings is 1. The lowest BCUT2D eigenvalue weighted by atomic mass is 10.1. The SMILES string of the molecule is Cc1ccc(C(Cc2ccc(F)cc2)NN)s1. The maximum Gasteiger partial charge on any atom is 0.123 e. The number of nitrogens with two attached hydrogens (primary N) is 1. The average molecular weight is 250 g/mol. The van der Waals surface area contributed by atoms with Crippen molar-refractivity contribution in [1.29, 1.82) is 0 Å². The molecule has 0 saturated carbocycles. The number of thiophene rings is 1. The molecule has 1 heterocycles. The molecule has 0 spiro atoms. The van der Waals surface area contributed by atoms with Crippen molar-refractivity contribution in [2.24, 2.45) is 5.84 Å². The van der Waals surface area contributed by atoms with Crippen molar-refractivity contribution in [3.8, 4) is 0 Å². The summed E-state index contributed by atoms with van der Waals surface area (Å²) in [4.78, 5) is 2.47. The van der Waals surface area contributed by atoms with Gasteiger partial charge in [-0.3, -0.25) is 11.3 Å². The second-order valence-electron chi connectivity index (χ2n) is 4.00. The Hall–Kier alpha value is -1.23. The van der Waals surface area contributed by atoms with Crippen molar-refractivity contribution in [3.63, 3.8) is 0 Å². The topological polar surface area (TPSA) is 38.0 Å². The Morgan fingerprint density at radius 2 is 1.94 bits per heavy atom. The van der Waals surface area contributed by atoms with E-state index in [0.29, 0.717) is 0 Å². The van der Waals surface area contributed by atoms with E-state index in [2.05, 4.69) is 24.5 Å². The number of hydrogen-bond donors (Lipinski definition) is 2. The van der Waals surface area contributed by atoms with Crippen molar-refractivity contribution in [3.05, 3.63) is 57.5 Å². The molecule has 17 heavy (non-hydrogen) atoms. The Labute approximate surface area is 104 Å². The van der Waals surface area contributed by atoms with Crippen LogP contribution >= 0.6 is 11.3 Å². The van der Waals surface area contributed by atoms with Crippen LogP contribution in [0.25, 0.3) is 0 Å². The molecule has 3 N–H and O–H groups in total. The first-order chi connectivity index (χ1) is 8.19. The minimum atomic E-state index is -0.210. The molecule has 4 heteroatoms. The molecule has 2 aromatic rings. The lowest BCUT2D eigenvalue weighted by Gasteiger charge is -2.14. The van der Waals surface area contributed by atoms with Crippen molar-refractivity contribution in [2.75, 3.05) is 0 Å². The molecule has 1 aromatic heterocycles. The van der Waals surface area contributed by atoms with Gasteiger partial charge in [0.25, 0.3) is 0 Å². The van der Waals surface area contributed by atoms with Crippen LogP contribution in [0.3, 0.4) is 0 Å². The molecule has 2 rings (SSSR count). The molecule has 0 amide bonds. The summed E-state index contributed by atoms with van der Waals surface area (Å²) in [6.45, 7) is 2.07. The number of hydrazine groups is 1. The van der Waals surface area contributed by atoms with Crippen LogP contribution in [0.2, 0.25) is 0 Å². The Balaban J connectivity index is 2.12. The first kappa shape index (κ1) is 12.2. The van der Waals surface area contributed by atoms with Crippen LogP contribution < -0.4 is 11.3 Å². The fourth-order valence-corrected chi connectivity index (χ4v) is 2.68. The van der Waals surface area contributed by atoms with Gasteiger partial charge in [-0.25, -0.2) is 4.39 Å². The number of rotatable bonds is 4. The van der Waals surface area contributed by atoms with E-state index < -0.39 is 0 Å². The zero-order valence-electron chi connectivity index (χ0n) is 9.61. The predicted octanol–water partition coefficient (Wildman–Crippen LogP) is 2.94. The van der Waals surface area contributed by atoms with Crippen molar-refractivity contribution in [1.82, 2.24) is 5.43 Å². The molecule has 1 aromatic carbocycles. The zero-order valence-corrected chi connectivity index (χ0v) is 10.4. The molecule has 0 aliphatic rings. The highest BCUT2D eigenvalue weighted by Gasteiger charge is 2.12. The summed E-state index contributed by atoms with van der Waals surface area (Å²) in [5.74, 6) is 5.36. The highest BCUT2D eigenvalue weighted by molar-refractivity contribution is 7.12. The standard InChI is InChI=1S/C13H15FN2S/c1-9-2-7-13(17-9)12(16-15)8-10-3-5-11(14)6-4-10/h2-7,12,16H,8,15H2,1H3. The van der Waals surface area contributed by atoms with E-state index >= 15 is 0 Å². The van der Waals surface area contributed by atoms with Gasteiger partial charge >= 0.3 is 0 Å². The minimum absolute atomic E-state index is 0.0826. The first-order valence-electron chi connectivity index (χ1n) is 5.46. The Kier molecular flexibility index (Phi) is 3.89. The molecule has 0 aliphatic carbocycles. The van der Waals surface area contributed by atoms with Crippen molar-refractivity contribution in [2.45, 2.75) is 19.4 Å². The maximum atomic E-state index is 12.8. The summed E-state index contributed by atoms with van der Waals surface area (Å²) in [5.41, 5.74) is 3.88. The van der Waals surface area contributed by atoms with Gasteiger partial charge in [0.1, 0.15) is 5.82 Å². The lowest BCUT2D eigenvalue weighted by Crippen LogP contribution is -2.28. The first-order valence-corrected chi connectivity index (χ1v) is 6.27. The van der Waals surface area contributed by atoms with E-state index in [0.717, 1.165) is 12.0 Å². The molecule has 2 nitrogen and oxygen atoms in total. The summed E-state index contributed by atoms with van der Waals surface area (Å²) < 4.78 is 12.8. The molecule has 0 radical (unpaired) electrons. The monoisotopic (exact) mass is 250 g/mol. The molecular formula is C13H15FN2S. The molecule has 1 atom stereocenters. The van der Waals surface area contributed by atoms with Crippen LogP contribution in [0.4, 0.5) is 4.39 Å². The second kappa shape index (κ2) is 5.40. The van der Waals surface area contributed by atoms with Crippen molar-refractivity contribution >= 4 is 11.3 Å². The molecular weight excluding hydrogens is 235 g/mol. The Bertz CT molecular complexity index is 478. The van der Waals surface area contributed by atoms with Crippen LogP contribution in [0.15, 0.2) is 36.4 Å². The predicted molar refractivity (Wildman–Crippen MR) is 69.2 cm³/mol. The third-order valence-electron chi connectivity index (χ3n) is 2.66. The highest BCUT2D eigenvalue weighted by atomic mass is 32.1. The Morgan fingerprint density at radius 1 is 1.24 bits per heavy atom. The van der Waals surface area contributed by atoms with E-state index in [9.17, 15) is 4.39 Å². The minimum Gasteiger partial charge on any atom is -0.271 e. The van der Waals surface area contributed by atoms with Gasteiger partial charge in [-0.2, -0.15) is 0 Å². The van der Waals surface area contributed by atoms with Crippen LogP contribution in [-0.4, -0.2) is 0 Å². The van der Waals surface area contributed by atoms with E-state index in [-0.39, 0.29) is 11.9 Å². The summed E-state index contributed by atoms with van der Waals surface area (Å²) in [6, 6.07) is 10.8. The summed E-state index contributed by atoms with van der Waals surface area (Å²) >= 11 is 1.73. The van der Waals surface area contributed by atoms with Crippen LogP contribution in [0, 0.1) is 12.7 Å². The molecule has 90 valence electrons. The summed E-state index contributed by atoms with van der Waals surface area (Å²) in [6.07, 6.45) is 0.761. The van der Waals surface area contributed by atoms with E-state index in [4.69, 9.17) is 5.84 Å². The fraction of sp³-hybridized carbons (Fsp3) is 0.231. The van der Waals surface area contributed by atoms with Gasteiger partial charge in [0.15, 0.2) is 0 Å². The highest BCUT2D eigenvalue weighted by Crippen LogP contribution is 2.25. The smallest absolute Gasteiger partial charge is 0.123 e. The Morgan fingerprint density at radius 3 is 2.47 bits per heavy atom. The maximum absolute atomic E-state index is 12.8. The second-order valence-corrected chi connectivity index (χ2v) is 5.32. The van der Waals surface area contributed by atoms with Gasteiger partial charge in [-0.1, -0.05) is 12.1 Å². The number of nitrogens with one attached hydrogen (secondary N) is 1. The normalized spacial score (nSPS) is 12.6. The summed E-state index contributed by atoms with van der Waals surface area (Å²) in [7, 11) is 0. The van der Waals surface area contributed by atoms with Crippen LogP contribution in [-0.2, 0) is 6.42 Å². The van der Waals surface area contributed by atoms with Crippen LogP contribution in [0.5, 0.6) is 0 Å². The molecule has 1 unspecified atom stereocenters. The van der Waals surface area contributed by atoms with Gasteiger partial charge in [0.05, 0.1) is 6.04 Å². The number of hydrogen-bond acceptors (Lipinski definition) is 3. The number of aryl methyl sites for hydroxylation is 1. The summed E-state index contributed by atoms with van der Waals surface area (Å²) in [5, 5.41) is 0. The van der Waals surface area contributed by atoms with Gasteiger partial charge in [0, 0.05) is 9.75 Å². The van der Waals surface area contributed by atoms with Gasteiger partial charge in [0.2, 0.25) is 0 Å². The van der Waals surface area contributed by atoms with Crippen molar-refractivity contribution < 1.29 is 4.39 Å². The van der Waals surface area contributed by atoms with E-state index in [1.165, 1.54) is 21.9 Å². The van der Waals surface area contributed by atoms with E-state index in [1.807, 2.05) is 0 Å². The molecule has 0 fully saturated rings. The largest absolute Gasteiger partial charge is 0.271 e. The molecule has 0 saturated heterocycles. The average Bonchev–Trinajstić information content (AvgIpc) is 2.75. The van der Waals surface area contributed by atoms with Gasteiger partial charge in [-0.15, -0.1) is 11.3 Å². The number of halogens is 1. The zero-order chi connectivity index (χ0) is 12.3. The van der Waals surface area contributed by atoms with Gasteiger partial charge in [-0.05, 0) is 43.2 Å². The van der Waals surface area contributed by atoms with Crippen LogP contribution in [0.1, 0.15) is 21.4 Å². The quantitative estimate of drug-likeness (QED) is 0.647. The van der Waals surface area contributed by atoms with E-state index in [1.54, 1.807) is 23.5 Å². The van der Waals surface area contributed by atoms with Gasteiger partial charge < -0.3 is 0 Å². The molecule has 0 aliphatic heterocycles. The third kappa shape index (κ3) is 3.12. The molecule has 0 bridgehead atoms. The third-order valence-corrected chi connectivity index (χ3v) is 3.77.